The summed E-state index contributed by atoms with van der Waals surface area (Å²) in [6, 6.07) is 0.295. The lowest BCUT2D eigenvalue weighted by Crippen LogP contribution is -2.25. The van der Waals surface area contributed by atoms with Gasteiger partial charge in [0.25, 0.3) is 0 Å². The number of rotatable bonds is 6. The summed E-state index contributed by atoms with van der Waals surface area (Å²) in [5.41, 5.74) is 0. The van der Waals surface area contributed by atoms with Crippen LogP contribution in [0.5, 0.6) is 0 Å². The fraction of sp³-hybridized carbons (Fsp3) is 0.688. The number of hydrogen-bond acceptors (Lipinski definition) is 5. The number of likely N-dealkylation sites (tertiary alicyclic amines) is 1. The van der Waals surface area contributed by atoms with E-state index in [1.807, 2.05) is 19.3 Å². The van der Waals surface area contributed by atoms with Crippen molar-refractivity contribution in [3.8, 4) is 0 Å². The van der Waals surface area contributed by atoms with Gasteiger partial charge < -0.3 is 9.09 Å². The van der Waals surface area contributed by atoms with Crippen LogP contribution in [0.4, 0.5) is 0 Å². The minimum atomic E-state index is 0.295. The molecular weight excluding hydrogens is 278 g/mol. The fourth-order valence-corrected chi connectivity index (χ4v) is 3.07. The summed E-state index contributed by atoms with van der Waals surface area (Å²) in [5, 5.41) is 4.10. The lowest BCUT2D eigenvalue weighted by Gasteiger charge is -2.21. The molecule has 0 bridgehead atoms. The highest BCUT2D eigenvalue weighted by molar-refractivity contribution is 4.99. The molecule has 0 spiro atoms. The molecular formula is C16H25N5O. The smallest absolute Gasteiger partial charge is 0.244 e. The van der Waals surface area contributed by atoms with Gasteiger partial charge in [-0.1, -0.05) is 19.0 Å². The number of aromatic nitrogens is 4. The van der Waals surface area contributed by atoms with Crippen molar-refractivity contribution in [3.63, 3.8) is 0 Å². The average molecular weight is 303 g/mol. The molecule has 2 aromatic rings. The van der Waals surface area contributed by atoms with Crippen molar-refractivity contribution in [2.24, 2.45) is 0 Å². The maximum absolute atomic E-state index is 5.49. The first kappa shape index (κ1) is 15.2. The second kappa shape index (κ2) is 6.60. The second-order valence-electron chi connectivity index (χ2n) is 6.36. The maximum atomic E-state index is 5.49. The van der Waals surface area contributed by atoms with Crippen LogP contribution in [-0.4, -0.2) is 37.7 Å². The van der Waals surface area contributed by atoms with Crippen LogP contribution in [0.3, 0.4) is 0 Å². The van der Waals surface area contributed by atoms with E-state index in [9.17, 15) is 0 Å². The third-order valence-corrected chi connectivity index (χ3v) is 4.39. The van der Waals surface area contributed by atoms with E-state index >= 15 is 0 Å². The monoisotopic (exact) mass is 303 g/mol. The summed E-state index contributed by atoms with van der Waals surface area (Å²) >= 11 is 0. The molecule has 6 nitrogen and oxygen atoms in total. The van der Waals surface area contributed by atoms with Gasteiger partial charge in [-0.05, 0) is 32.7 Å². The van der Waals surface area contributed by atoms with Crippen molar-refractivity contribution in [2.75, 3.05) is 13.1 Å². The van der Waals surface area contributed by atoms with Gasteiger partial charge in [0.1, 0.15) is 5.82 Å². The molecule has 0 aliphatic carbocycles. The molecule has 1 saturated heterocycles. The van der Waals surface area contributed by atoms with Gasteiger partial charge in [-0.2, -0.15) is 4.98 Å². The van der Waals surface area contributed by atoms with Gasteiger partial charge in [-0.25, -0.2) is 4.98 Å². The van der Waals surface area contributed by atoms with E-state index in [1.54, 1.807) is 0 Å². The van der Waals surface area contributed by atoms with E-state index < -0.39 is 0 Å². The van der Waals surface area contributed by atoms with E-state index in [-0.39, 0.29) is 0 Å². The molecule has 1 aliphatic heterocycles. The summed E-state index contributed by atoms with van der Waals surface area (Å²) in [7, 11) is 0. The van der Waals surface area contributed by atoms with E-state index in [0.717, 1.165) is 50.0 Å². The zero-order valence-electron chi connectivity index (χ0n) is 13.7. The number of imidazole rings is 1. The summed E-state index contributed by atoms with van der Waals surface area (Å²) in [4.78, 5) is 11.3. The zero-order valence-corrected chi connectivity index (χ0v) is 13.7. The third-order valence-electron chi connectivity index (χ3n) is 4.39. The van der Waals surface area contributed by atoms with Crippen molar-refractivity contribution in [3.05, 3.63) is 29.9 Å². The van der Waals surface area contributed by atoms with Gasteiger partial charge in [0, 0.05) is 31.4 Å². The van der Waals surface area contributed by atoms with Gasteiger partial charge >= 0.3 is 0 Å². The Morgan fingerprint density at radius 2 is 2.23 bits per heavy atom. The Balaban J connectivity index is 1.57. The molecule has 0 saturated carbocycles. The van der Waals surface area contributed by atoms with E-state index in [0.29, 0.717) is 12.0 Å². The largest absolute Gasteiger partial charge is 0.338 e. The predicted molar refractivity (Wildman–Crippen MR) is 83.5 cm³/mol. The molecule has 6 heteroatoms. The molecule has 3 heterocycles. The van der Waals surface area contributed by atoms with Gasteiger partial charge in [0.15, 0.2) is 5.82 Å². The summed E-state index contributed by atoms with van der Waals surface area (Å²) in [6.45, 7) is 9.42. The Morgan fingerprint density at radius 1 is 1.36 bits per heavy atom. The second-order valence-corrected chi connectivity index (χ2v) is 6.36. The number of nitrogens with zero attached hydrogens (tertiary/aromatic N) is 5. The SMILES string of the molecule is Cc1nccn1CCCN1CCCC1c1nc(C(C)C)no1. The van der Waals surface area contributed by atoms with Crippen LogP contribution >= 0.6 is 0 Å². The average Bonchev–Trinajstić information content (AvgIpc) is 3.19. The molecule has 120 valence electrons. The summed E-state index contributed by atoms with van der Waals surface area (Å²) in [5.74, 6) is 3.00. The van der Waals surface area contributed by atoms with Crippen molar-refractivity contribution in [2.45, 2.75) is 58.5 Å². The summed E-state index contributed by atoms with van der Waals surface area (Å²) in [6.07, 6.45) is 7.33. The molecule has 22 heavy (non-hydrogen) atoms. The Kier molecular flexibility index (Phi) is 4.57. The molecule has 0 amide bonds. The van der Waals surface area contributed by atoms with Crippen molar-refractivity contribution >= 4 is 0 Å². The van der Waals surface area contributed by atoms with Crippen LogP contribution in [0, 0.1) is 6.92 Å². The van der Waals surface area contributed by atoms with Gasteiger partial charge in [0.05, 0.1) is 6.04 Å². The van der Waals surface area contributed by atoms with Crippen LogP contribution < -0.4 is 0 Å². The molecule has 1 unspecified atom stereocenters. The van der Waals surface area contributed by atoms with Crippen LogP contribution in [-0.2, 0) is 6.54 Å². The number of hydrogen-bond donors (Lipinski definition) is 0. The van der Waals surface area contributed by atoms with Gasteiger partial charge in [-0.15, -0.1) is 0 Å². The Bertz CT molecular complexity index is 603. The van der Waals surface area contributed by atoms with Crippen molar-refractivity contribution in [1.82, 2.24) is 24.6 Å². The molecule has 3 rings (SSSR count). The van der Waals surface area contributed by atoms with Crippen molar-refractivity contribution < 1.29 is 4.52 Å². The number of aryl methyl sites for hydroxylation is 2. The lowest BCUT2D eigenvalue weighted by molar-refractivity contribution is 0.203. The maximum Gasteiger partial charge on any atom is 0.244 e. The topological polar surface area (TPSA) is 60.0 Å². The first-order valence-corrected chi connectivity index (χ1v) is 8.20. The lowest BCUT2D eigenvalue weighted by atomic mass is 10.2. The highest BCUT2D eigenvalue weighted by Gasteiger charge is 2.30. The van der Waals surface area contributed by atoms with Crippen LogP contribution in [0.2, 0.25) is 0 Å². The van der Waals surface area contributed by atoms with Crippen LogP contribution in [0.15, 0.2) is 16.9 Å². The highest BCUT2D eigenvalue weighted by Crippen LogP contribution is 2.31. The zero-order chi connectivity index (χ0) is 15.5. The molecule has 2 aromatic heterocycles. The molecule has 0 radical (unpaired) electrons. The van der Waals surface area contributed by atoms with Gasteiger partial charge in [-0.3, -0.25) is 4.90 Å². The first-order valence-electron chi connectivity index (χ1n) is 8.20. The van der Waals surface area contributed by atoms with Crippen LogP contribution in [0.1, 0.15) is 62.6 Å². The first-order chi connectivity index (χ1) is 10.6. The molecule has 1 fully saturated rings. The fourth-order valence-electron chi connectivity index (χ4n) is 3.07. The molecule has 0 aromatic carbocycles. The van der Waals surface area contributed by atoms with Crippen LogP contribution in [0.25, 0.3) is 0 Å². The standard InChI is InChI=1S/C16H25N5O/c1-12(2)15-18-16(22-19-15)14-6-4-8-21(14)10-5-9-20-11-7-17-13(20)3/h7,11-12,14H,4-6,8-10H2,1-3H3. The summed E-state index contributed by atoms with van der Waals surface area (Å²) < 4.78 is 7.70. The quantitative estimate of drug-likeness (QED) is 0.821. The van der Waals surface area contributed by atoms with Gasteiger partial charge in [0.2, 0.25) is 5.89 Å². The van der Waals surface area contributed by atoms with E-state index in [2.05, 4.69) is 38.4 Å². The Labute approximate surface area is 131 Å². The minimum absolute atomic E-state index is 0.295. The van der Waals surface area contributed by atoms with E-state index in [4.69, 9.17) is 4.52 Å². The normalized spacial score (nSPS) is 19.4. The molecule has 1 atom stereocenters. The van der Waals surface area contributed by atoms with E-state index in [1.165, 1.54) is 6.42 Å². The Morgan fingerprint density at radius 3 is 2.91 bits per heavy atom. The molecule has 0 N–H and O–H groups in total. The van der Waals surface area contributed by atoms with Crippen molar-refractivity contribution in [1.29, 1.82) is 0 Å². The highest BCUT2D eigenvalue weighted by atomic mass is 16.5. The minimum Gasteiger partial charge on any atom is -0.338 e. The molecule has 1 aliphatic rings. The predicted octanol–water partition coefficient (Wildman–Crippen LogP) is 2.93. The third kappa shape index (κ3) is 3.21. The Hall–Kier alpha value is -1.69.